The van der Waals surface area contributed by atoms with Crippen LogP contribution in [0.15, 0.2) is 46.0 Å². The van der Waals surface area contributed by atoms with Gasteiger partial charge in [0.05, 0.1) is 10.6 Å². The van der Waals surface area contributed by atoms with Crippen LogP contribution < -0.4 is 0 Å². The summed E-state index contributed by atoms with van der Waals surface area (Å²) in [5.41, 5.74) is -0.0566. The number of nitrogens with zero attached hydrogens (tertiary/aromatic N) is 1. The largest absolute Gasteiger partial charge is 0.417 e. The first-order chi connectivity index (χ1) is 9.34. The molecule has 1 aromatic carbocycles. The average Bonchev–Trinajstić information content (AvgIpc) is 2.35. The van der Waals surface area contributed by atoms with E-state index in [0.29, 0.717) is 15.3 Å². The quantitative estimate of drug-likeness (QED) is 0.541. The Kier molecular flexibility index (Phi) is 4.70. The predicted octanol–water partition coefficient (Wildman–Crippen LogP) is 5.29. The number of halogens is 5. The minimum atomic E-state index is -4.39. The van der Waals surface area contributed by atoms with E-state index in [0.717, 1.165) is 17.8 Å². The lowest BCUT2D eigenvalue weighted by atomic mass is 10.2. The van der Waals surface area contributed by atoms with Gasteiger partial charge in [0.25, 0.3) is 0 Å². The van der Waals surface area contributed by atoms with Crippen LogP contribution in [0.3, 0.4) is 0 Å². The zero-order valence-corrected chi connectivity index (χ0v) is 12.3. The number of hydrogen-bond acceptors (Lipinski definition) is 2. The zero-order valence-electron chi connectivity index (χ0n) is 9.92. The Balaban J connectivity index is 2.04. The van der Waals surface area contributed by atoms with Crippen molar-refractivity contribution in [3.63, 3.8) is 0 Å². The Morgan fingerprint density at radius 1 is 1.15 bits per heavy atom. The molecule has 0 unspecified atom stereocenters. The molecule has 0 aliphatic carbocycles. The molecule has 0 spiro atoms. The number of alkyl halides is 3. The summed E-state index contributed by atoms with van der Waals surface area (Å²) in [6, 6.07) is 6.76. The molecule has 0 bridgehead atoms. The van der Waals surface area contributed by atoms with E-state index in [1.807, 2.05) is 0 Å². The molecule has 0 amide bonds. The molecule has 0 saturated heterocycles. The number of pyridine rings is 1. The SMILES string of the molecule is Fc1cc(Br)cc(CSc2ccc(C(F)(F)F)cn2)c1. The highest BCUT2D eigenvalue weighted by Crippen LogP contribution is 2.30. The maximum Gasteiger partial charge on any atom is 0.417 e. The molecule has 0 aliphatic rings. The minimum absolute atomic E-state index is 0.365. The van der Waals surface area contributed by atoms with Crippen molar-refractivity contribution < 1.29 is 17.6 Å². The highest BCUT2D eigenvalue weighted by Gasteiger charge is 2.30. The lowest BCUT2D eigenvalue weighted by Gasteiger charge is -2.07. The second-order valence-corrected chi connectivity index (χ2v) is 5.86. The van der Waals surface area contributed by atoms with Gasteiger partial charge in [-0.25, -0.2) is 9.37 Å². The molecule has 2 rings (SSSR count). The maximum absolute atomic E-state index is 13.2. The van der Waals surface area contributed by atoms with Crippen LogP contribution in [-0.2, 0) is 11.9 Å². The molecule has 0 fully saturated rings. The molecule has 0 atom stereocenters. The first-order valence-corrected chi connectivity index (χ1v) is 7.23. The van der Waals surface area contributed by atoms with Crippen molar-refractivity contribution in [3.05, 3.63) is 57.9 Å². The van der Waals surface area contributed by atoms with E-state index in [4.69, 9.17) is 0 Å². The van der Waals surface area contributed by atoms with Gasteiger partial charge in [0.2, 0.25) is 0 Å². The van der Waals surface area contributed by atoms with Crippen molar-refractivity contribution in [2.75, 3.05) is 0 Å². The van der Waals surface area contributed by atoms with Crippen LogP contribution in [0.1, 0.15) is 11.1 Å². The third kappa shape index (κ3) is 4.21. The number of benzene rings is 1. The second-order valence-electron chi connectivity index (χ2n) is 3.95. The lowest BCUT2D eigenvalue weighted by Crippen LogP contribution is -2.05. The fourth-order valence-corrected chi connectivity index (χ4v) is 2.77. The van der Waals surface area contributed by atoms with E-state index in [2.05, 4.69) is 20.9 Å². The van der Waals surface area contributed by atoms with Gasteiger partial charge in [-0.05, 0) is 35.9 Å². The second kappa shape index (κ2) is 6.13. The van der Waals surface area contributed by atoms with Crippen molar-refractivity contribution in [2.24, 2.45) is 0 Å². The van der Waals surface area contributed by atoms with E-state index >= 15 is 0 Å². The van der Waals surface area contributed by atoms with Gasteiger partial charge in [0, 0.05) is 16.4 Å². The average molecular weight is 366 g/mol. The van der Waals surface area contributed by atoms with Crippen LogP contribution in [0.5, 0.6) is 0 Å². The molecule has 1 heterocycles. The van der Waals surface area contributed by atoms with E-state index < -0.39 is 11.7 Å². The Morgan fingerprint density at radius 2 is 1.90 bits per heavy atom. The summed E-state index contributed by atoms with van der Waals surface area (Å²) in [6.07, 6.45) is -3.59. The van der Waals surface area contributed by atoms with E-state index in [-0.39, 0.29) is 5.82 Å². The fourth-order valence-electron chi connectivity index (χ4n) is 1.48. The van der Waals surface area contributed by atoms with Gasteiger partial charge in [-0.15, -0.1) is 11.8 Å². The Morgan fingerprint density at radius 3 is 2.45 bits per heavy atom. The summed E-state index contributed by atoms with van der Waals surface area (Å²) >= 11 is 4.42. The van der Waals surface area contributed by atoms with Gasteiger partial charge in [-0.2, -0.15) is 13.2 Å². The summed E-state index contributed by atoms with van der Waals surface area (Å²) in [5, 5.41) is 0.457. The smallest absolute Gasteiger partial charge is 0.249 e. The summed E-state index contributed by atoms with van der Waals surface area (Å²) in [6.45, 7) is 0. The summed E-state index contributed by atoms with van der Waals surface area (Å²) in [4.78, 5) is 3.74. The van der Waals surface area contributed by atoms with Crippen LogP contribution in [0.2, 0.25) is 0 Å². The highest BCUT2D eigenvalue weighted by atomic mass is 79.9. The van der Waals surface area contributed by atoms with Crippen molar-refractivity contribution in [2.45, 2.75) is 17.0 Å². The van der Waals surface area contributed by atoms with Gasteiger partial charge >= 0.3 is 6.18 Å². The molecule has 0 radical (unpaired) electrons. The van der Waals surface area contributed by atoms with Crippen molar-refractivity contribution >= 4 is 27.7 Å². The van der Waals surface area contributed by atoms with Gasteiger partial charge in [-0.3, -0.25) is 0 Å². The molecule has 1 aromatic heterocycles. The maximum atomic E-state index is 13.2. The van der Waals surface area contributed by atoms with E-state index in [1.54, 1.807) is 6.07 Å². The molecule has 0 saturated carbocycles. The molecule has 0 aliphatic heterocycles. The normalized spacial score (nSPS) is 11.7. The Hall–Kier alpha value is -1.08. The third-order valence-corrected chi connectivity index (χ3v) is 3.85. The Bertz CT molecular complexity index is 578. The van der Waals surface area contributed by atoms with Crippen LogP contribution in [0.25, 0.3) is 0 Å². The monoisotopic (exact) mass is 365 g/mol. The first kappa shape index (κ1) is 15.3. The molecular weight excluding hydrogens is 358 g/mol. The molecule has 1 nitrogen and oxygen atoms in total. The van der Waals surface area contributed by atoms with E-state index in [1.165, 1.54) is 30.0 Å². The molecule has 0 N–H and O–H groups in total. The summed E-state index contributed by atoms with van der Waals surface area (Å²) in [7, 11) is 0. The van der Waals surface area contributed by atoms with E-state index in [9.17, 15) is 17.6 Å². The number of thioether (sulfide) groups is 1. The van der Waals surface area contributed by atoms with Gasteiger partial charge < -0.3 is 0 Å². The van der Waals surface area contributed by atoms with Crippen LogP contribution in [-0.4, -0.2) is 4.98 Å². The summed E-state index contributed by atoms with van der Waals surface area (Å²) < 4.78 is 50.9. The molecule has 2 aromatic rings. The van der Waals surface area contributed by atoms with Gasteiger partial charge in [0.15, 0.2) is 0 Å². The third-order valence-electron chi connectivity index (χ3n) is 2.37. The fraction of sp³-hybridized carbons (Fsp3) is 0.154. The summed E-state index contributed by atoms with van der Waals surface area (Å²) in [5.74, 6) is 0.0599. The number of hydrogen-bond donors (Lipinski definition) is 0. The molecule has 106 valence electrons. The number of aromatic nitrogens is 1. The molecular formula is C13H8BrF4NS. The van der Waals surface area contributed by atoms with Gasteiger partial charge in [0.1, 0.15) is 5.82 Å². The van der Waals surface area contributed by atoms with Crippen LogP contribution >= 0.6 is 27.7 Å². The highest BCUT2D eigenvalue weighted by molar-refractivity contribution is 9.10. The standard InChI is InChI=1S/C13H8BrF4NS/c14-10-3-8(4-11(15)5-10)7-20-12-2-1-9(6-19-12)13(16,17)18/h1-6H,7H2. The zero-order chi connectivity index (χ0) is 14.8. The first-order valence-electron chi connectivity index (χ1n) is 5.45. The van der Waals surface area contributed by atoms with Crippen LogP contribution in [0.4, 0.5) is 17.6 Å². The minimum Gasteiger partial charge on any atom is -0.249 e. The van der Waals surface area contributed by atoms with Crippen LogP contribution in [0, 0.1) is 5.82 Å². The predicted molar refractivity (Wildman–Crippen MR) is 72.9 cm³/mol. The lowest BCUT2D eigenvalue weighted by molar-refractivity contribution is -0.137. The van der Waals surface area contributed by atoms with Crippen molar-refractivity contribution in [1.82, 2.24) is 4.98 Å². The number of rotatable bonds is 3. The molecule has 7 heteroatoms. The topological polar surface area (TPSA) is 12.9 Å². The van der Waals surface area contributed by atoms with Crippen molar-refractivity contribution in [1.29, 1.82) is 0 Å². The van der Waals surface area contributed by atoms with Crippen molar-refractivity contribution in [3.8, 4) is 0 Å². The Labute approximate surface area is 125 Å². The molecule has 20 heavy (non-hydrogen) atoms. The van der Waals surface area contributed by atoms with Gasteiger partial charge in [-0.1, -0.05) is 15.9 Å².